The van der Waals surface area contributed by atoms with E-state index in [-0.39, 0.29) is 0 Å². The van der Waals surface area contributed by atoms with Crippen molar-refractivity contribution in [2.45, 2.75) is 18.8 Å². The Hall–Kier alpha value is -1.36. The molecular weight excluding hydrogens is 192 g/mol. The summed E-state index contributed by atoms with van der Waals surface area (Å²) in [5, 5.41) is 11.4. The first-order valence-electron chi connectivity index (χ1n) is 5.19. The molecule has 0 aromatic carbocycles. The van der Waals surface area contributed by atoms with E-state index in [9.17, 15) is 0 Å². The van der Waals surface area contributed by atoms with Gasteiger partial charge in [-0.05, 0) is 25.9 Å². The number of ether oxygens (including phenoxy) is 1. The molecule has 5 heteroatoms. The van der Waals surface area contributed by atoms with Gasteiger partial charge in [-0.15, -0.1) is 5.10 Å². The Morgan fingerprint density at radius 2 is 2.13 bits per heavy atom. The summed E-state index contributed by atoms with van der Waals surface area (Å²) in [5.74, 6) is 1.46. The van der Waals surface area contributed by atoms with Crippen molar-refractivity contribution in [1.82, 2.24) is 15.5 Å². The molecule has 15 heavy (non-hydrogen) atoms. The highest BCUT2D eigenvalue weighted by atomic mass is 16.5. The van der Waals surface area contributed by atoms with Crippen molar-refractivity contribution in [3.05, 3.63) is 11.8 Å². The molecule has 0 bridgehead atoms. The van der Waals surface area contributed by atoms with Crippen LogP contribution in [0.2, 0.25) is 0 Å². The van der Waals surface area contributed by atoms with E-state index in [1.165, 1.54) is 0 Å². The second kappa shape index (κ2) is 4.44. The third-order valence-corrected chi connectivity index (χ3v) is 2.78. The first-order valence-corrected chi connectivity index (χ1v) is 5.19. The van der Waals surface area contributed by atoms with Gasteiger partial charge in [0, 0.05) is 12.0 Å². The van der Waals surface area contributed by atoms with E-state index in [1.807, 2.05) is 6.07 Å². The molecule has 1 aromatic rings. The van der Waals surface area contributed by atoms with Gasteiger partial charge in [0.1, 0.15) is 0 Å². The van der Waals surface area contributed by atoms with Gasteiger partial charge in [0.15, 0.2) is 11.6 Å². The van der Waals surface area contributed by atoms with Crippen LogP contribution in [0.3, 0.4) is 0 Å². The zero-order valence-corrected chi connectivity index (χ0v) is 8.86. The third-order valence-electron chi connectivity index (χ3n) is 2.78. The Balaban J connectivity index is 2.20. The number of hydrogen-bond acceptors (Lipinski definition) is 5. The Labute approximate surface area is 89.0 Å². The van der Waals surface area contributed by atoms with Gasteiger partial charge < -0.3 is 15.8 Å². The predicted molar refractivity (Wildman–Crippen MR) is 57.8 cm³/mol. The largest absolute Gasteiger partial charge is 0.493 e. The van der Waals surface area contributed by atoms with Crippen LogP contribution in [0.4, 0.5) is 5.82 Å². The maximum atomic E-state index is 5.62. The van der Waals surface area contributed by atoms with Crippen molar-refractivity contribution in [3.63, 3.8) is 0 Å². The number of nitrogens with one attached hydrogen (secondary N) is 1. The number of hydrogen-bond donors (Lipinski definition) is 2. The van der Waals surface area contributed by atoms with Gasteiger partial charge in [-0.25, -0.2) is 0 Å². The molecule has 82 valence electrons. The number of nitrogens with zero attached hydrogens (tertiary/aromatic N) is 2. The number of rotatable bonds is 2. The number of aromatic nitrogens is 2. The van der Waals surface area contributed by atoms with Crippen LogP contribution in [0.5, 0.6) is 5.75 Å². The quantitative estimate of drug-likeness (QED) is 0.742. The van der Waals surface area contributed by atoms with E-state index >= 15 is 0 Å². The zero-order chi connectivity index (χ0) is 10.7. The van der Waals surface area contributed by atoms with Crippen molar-refractivity contribution < 1.29 is 4.74 Å². The molecule has 0 saturated carbocycles. The number of nitrogens with two attached hydrogens (primary N) is 1. The zero-order valence-electron chi connectivity index (χ0n) is 8.86. The van der Waals surface area contributed by atoms with E-state index in [1.54, 1.807) is 7.11 Å². The van der Waals surface area contributed by atoms with E-state index < -0.39 is 0 Å². The summed E-state index contributed by atoms with van der Waals surface area (Å²) in [6.07, 6.45) is 2.20. The summed E-state index contributed by atoms with van der Waals surface area (Å²) >= 11 is 0. The lowest BCUT2D eigenvalue weighted by Gasteiger charge is -2.21. The fraction of sp³-hybridized carbons (Fsp3) is 0.600. The van der Waals surface area contributed by atoms with Crippen LogP contribution in [0.1, 0.15) is 24.5 Å². The molecule has 5 nitrogen and oxygen atoms in total. The van der Waals surface area contributed by atoms with Crippen LogP contribution < -0.4 is 15.8 Å². The Kier molecular flexibility index (Phi) is 3.01. The molecule has 2 heterocycles. The maximum absolute atomic E-state index is 5.62. The van der Waals surface area contributed by atoms with Crippen LogP contribution in [0.25, 0.3) is 0 Å². The summed E-state index contributed by atoms with van der Waals surface area (Å²) in [4.78, 5) is 0. The summed E-state index contributed by atoms with van der Waals surface area (Å²) in [6, 6.07) is 1.90. The highest BCUT2D eigenvalue weighted by Gasteiger charge is 2.18. The van der Waals surface area contributed by atoms with Crippen molar-refractivity contribution in [2.24, 2.45) is 0 Å². The fourth-order valence-corrected chi connectivity index (χ4v) is 1.88. The Morgan fingerprint density at radius 3 is 2.80 bits per heavy atom. The van der Waals surface area contributed by atoms with Crippen LogP contribution in [-0.4, -0.2) is 30.4 Å². The van der Waals surface area contributed by atoms with Crippen molar-refractivity contribution >= 4 is 5.82 Å². The molecule has 1 aromatic heterocycles. The van der Waals surface area contributed by atoms with Gasteiger partial charge in [-0.3, -0.25) is 0 Å². The number of anilines is 1. The first-order chi connectivity index (χ1) is 7.31. The first kappa shape index (κ1) is 10.2. The Morgan fingerprint density at radius 1 is 1.40 bits per heavy atom. The molecule has 0 amide bonds. The van der Waals surface area contributed by atoms with Crippen molar-refractivity contribution in [3.8, 4) is 5.75 Å². The van der Waals surface area contributed by atoms with Gasteiger partial charge in [0.25, 0.3) is 0 Å². The van der Waals surface area contributed by atoms with Crippen LogP contribution in [0.15, 0.2) is 6.07 Å². The van der Waals surface area contributed by atoms with Crippen LogP contribution in [0, 0.1) is 0 Å². The summed E-state index contributed by atoms with van der Waals surface area (Å²) in [5.41, 5.74) is 6.61. The topological polar surface area (TPSA) is 73.1 Å². The highest BCUT2D eigenvalue weighted by Crippen LogP contribution is 2.27. The lowest BCUT2D eigenvalue weighted by atomic mass is 9.94. The summed E-state index contributed by atoms with van der Waals surface area (Å²) in [7, 11) is 1.60. The SMILES string of the molecule is COc1cc(C2CCNCC2)nnc1N. The molecule has 0 atom stereocenters. The summed E-state index contributed by atoms with van der Waals surface area (Å²) in [6.45, 7) is 2.08. The van der Waals surface area contributed by atoms with Crippen molar-refractivity contribution in [1.29, 1.82) is 0 Å². The fourth-order valence-electron chi connectivity index (χ4n) is 1.88. The average molecular weight is 208 g/mol. The molecule has 0 aliphatic carbocycles. The maximum Gasteiger partial charge on any atom is 0.188 e. The molecule has 1 fully saturated rings. The predicted octanol–water partition coefficient (Wildman–Crippen LogP) is 0.534. The minimum absolute atomic E-state index is 0.357. The van der Waals surface area contributed by atoms with Gasteiger partial charge in [0.05, 0.1) is 12.8 Å². The summed E-state index contributed by atoms with van der Waals surface area (Å²) < 4.78 is 5.13. The smallest absolute Gasteiger partial charge is 0.188 e. The van der Waals surface area contributed by atoms with Crippen molar-refractivity contribution in [2.75, 3.05) is 25.9 Å². The standard InChI is InChI=1S/C10H16N4O/c1-15-9-6-8(13-14-10(9)11)7-2-4-12-5-3-7/h6-7,12H,2-5H2,1H3,(H2,11,14). The van der Waals surface area contributed by atoms with Gasteiger partial charge >= 0.3 is 0 Å². The second-order valence-electron chi connectivity index (χ2n) is 3.75. The van der Waals surface area contributed by atoms with E-state index in [0.717, 1.165) is 31.6 Å². The molecule has 2 rings (SSSR count). The third kappa shape index (κ3) is 2.18. The molecular formula is C10H16N4O. The molecule has 3 N–H and O–H groups in total. The highest BCUT2D eigenvalue weighted by molar-refractivity contribution is 5.45. The van der Waals surface area contributed by atoms with Gasteiger partial charge in [-0.1, -0.05) is 0 Å². The monoisotopic (exact) mass is 208 g/mol. The van der Waals surface area contributed by atoms with E-state index in [4.69, 9.17) is 10.5 Å². The van der Waals surface area contributed by atoms with Crippen LogP contribution in [-0.2, 0) is 0 Å². The van der Waals surface area contributed by atoms with Gasteiger partial charge in [-0.2, -0.15) is 5.10 Å². The molecule has 1 saturated heterocycles. The average Bonchev–Trinajstić information content (AvgIpc) is 2.31. The minimum atomic E-state index is 0.357. The number of methoxy groups -OCH3 is 1. The molecule has 0 spiro atoms. The number of nitrogen functional groups attached to an aromatic ring is 1. The second-order valence-corrected chi connectivity index (χ2v) is 3.75. The van der Waals surface area contributed by atoms with Crippen LogP contribution >= 0.6 is 0 Å². The van der Waals surface area contributed by atoms with E-state index in [2.05, 4.69) is 15.5 Å². The molecule has 1 aliphatic heterocycles. The lowest BCUT2D eigenvalue weighted by Crippen LogP contribution is -2.27. The molecule has 0 radical (unpaired) electrons. The molecule has 0 unspecified atom stereocenters. The minimum Gasteiger partial charge on any atom is -0.493 e. The number of piperidine rings is 1. The lowest BCUT2D eigenvalue weighted by molar-refractivity contribution is 0.407. The normalized spacial score (nSPS) is 17.7. The molecule has 1 aliphatic rings. The van der Waals surface area contributed by atoms with Gasteiger partial charge in [0.2, 0.25) is 0 Å². The van der Waals surface area contributed by atoms with E-state index in [0.29, 0.717) is 17.5 Å². The Bertz CT molecular complexity index is 336.